The van der Waals surface area contributed by atoms with E-state index in [0.717, 1.165) is 23.4 Å². The molecule has 2 aromatic heterocycles. The van der Waals surface area contributed by atoms with E-state index >= 15 is 0 Å². The van der Waals surface area contributed by atoms with Crippen LogP contribution in [0.1, 0.15) is 33.6 Å². The lowest BCUT2D eigenvalue weighted by molar-refractivity contribution is 0.0697. The minimum atomic E-state index is -0.941. The largest absolute Gasteiger partial charge is 0.485 e. The topological polar surface area (TPSA) is 59.4 Å². The second kappa shape index (κ2) is 6.33. The molecule has 0 bridgehead atoms. The first-order valence-corrected chi connectivity index (χ1v) is 6.91. The van der Waals surface area contributed by atoms with Crippen molar-refractivity contribution >= 4 is 17.3 Å². The van der Waals surface area contributed by atoms with E-state index in [1.54, 1.807) is 6.20 Å². The highest BCUT2D eigenvalue weighted by molar-refractivity contribution is 7.14. The van der Waals surface area contributed by atoms with Gasteiger partial charge in [0.15, 0.2) is 4.88 Å². The van der Waals surface area contributed by atoms with Crippen molar-refractivity contribution in [2.75, 3.05) is 0 Å². The number of carbonyl (C=O) groups is 1. The molecule has 0 spiro atoms. The highest BCUT2D eigenvalue weighted by Gasteiger charge is 2.16. The smallest absolute Gasteiger partial charge is 0.349 e. The molecule has 2 heterocycles. The van der Waals surface area contributed by atoms with Crippen LogP contribution >= 0.6 is 11.3 Å². The van der Waals surface area contributed by atoms with Crippen LogP contribution in [0.2, 0.25) is 0 Å². The van der Waals surface area contributed by atoms with Crippen molar-refractivity contribution in [3.8, 4) is 5.75 Å². The molecule has 19 heavy (non-hydrogen) atoms. The van der Waals surface area contributed by atoms with Gasteiger partial charge in [0.05, 0.1) is 5.69 Å². The summed E-state index contributed by atoms with van der Waals surface area (Å²) in [7, 11) is 0. The van der Waals surface area contributed by atoms with Crippen LogP contribution in [0.25, 0.3) is 0 Å². The number of hydrogen-bond donors (Lipinski definition) is 1. The molecule has 0 radical (unpaired) electrons. The lowest BCUT2D eigenvalue weighted by atomic mass is 10.3. The fraction of sp³-hybridized carbons (Fsp3) is 0.286. The zero-order valence-corrected chi connectivity index (χ0v) is 11.4. The van der Waals surface area contributed by atoms with E-state index in [0.29, 0.717) is 5.75 Å². The van der Waals surface area contributed by atoms with Crippen LogP contribution in [0.15, 0.2) is 30.5 Å². The quantitative estimate of drug-likeness (QED) is 0.879. The number of aryl methyl sites for hydroxylation is 1. The Labute approximate surface area is 115 Å². The van der Waals surface area contributed by atoms with E-state index < -0.39 is 5.97 Å². The molecule has 2 aromatic rings. The average Bonchev–Trinajstić information content (AvgIpc) is 2.81. The van der Waals surface area contributed by atoms with E-state index in [4.69, 9.17) is 9.84 Å². The Balaban J connectivity index is 2.12. The van der Waals surface area contributed by atoms with Gasteiger partial charge in [-0.25, -0.2) is 4.79 Å². The van der Waals surface area contributed by atoms with Crippen molar-refractivity contribution in [3.05, 3.63) is 45.9 Å². The third-order valence-electron chi connectivity index (χ3n) is 2.54. The molecule has 0 atom stereocenters. The third-order valence-corrected chi connectivity index (χ3v) is 3.71. The Morgan fingerprint density at radius 1 is 1.47 bits per heavy atom. The minimum Gasteiger partial charge on any atom is -0.485 e. The molecular formula is C14H15NO3S. The molecule has 0 saturated carbocycles. The lowest BCUT2D eigenvalue weighted by Gasteiger charge is -2.04. The van der Waals surface area contributed by atoms with Crippen LogP contribution in [0.3, 0.4) is 0 Å². The number of aromatic nitrogens is 1. The van der Waals surface area contributed by atoms with E-state index in [1.165, 1.54) is 11.3 Å². The molecule has 4 nitrogen and oxygen atoms in total. The van der Waals surface area contributed by atoms with Crippen LogP contribution in [0, 0.1) is 0 Å². The number of ether oxygens (including phenoxy) is 1. The maximum absolute atomic E-state index is 11.2. The number of nitrogens with zero attached hydrogens (tertiary/aromatic N) is 1. The monoisotopic (exact) mass is 277 g/mol. The number of aromatic carboxylic acids is 1. The lowest BCUT2D eigenvalue weighted by Crippen LogP contribution is -2.01. The Bertz CT molecular complexity index is 551. The summed E-state index contributed by atoms with van der Waals surface area (Å²) in [6.07, 6.45) is 3.55. The highest BCUT2D eigenvalue weighted by atomic mass is 32.1. The summed E-state index contributed by atoms with van der Waals surface area (Å²) in [6.45, 7) is 2.35. The van der Waals surface area contributed by atoms with Crippen molar-refractivity contribution in [2.45, 2.75) is 26.4 Å². The Hall–Kier alpha value is -1.88. The summed E-state index contributed by atoms with van der Waals surface area (Å²) in [4.78, 5) is 16.6. The first-order chi connectivity index (χ1) is 9.20. The normalized spacial score (nSPS) is 10.4. The molecule has 0 aliphatic heterocycles. The van der Waals surface area contributed by atoms with Gasteiger partial charge in [0.1, 0.15) is 12.4 Å². The molecule has 0 fully saturated rings. The molecule has 5 heteroatoms. The molecule has 0 aliphatic carbocycles. The fourth-order valence-corrected chi connectivity index (χ4v) is 2.72. The molecule has 1 N–H and O–H groups in total. The maximum atomic E-state index is 11.2. The SMILES string of the molecule is CCCc1cc(OCc2ccccn2)c(C(=O)O)s1. The van der Waals surface area contributed by atoms with Crippen LogP contribution in [0.4, 0.5) is 0 Å². The van der Waals surface area contributed by atoms with Gasteiger partial charge in [-0.15, -0.1) is 11.3 Å². The number of thiophene rings is 1. The zero-order valence-electron chi connectivity index (χ0n) is 10.6. The minimum absolute atomic E-state index is 0.263. The zero-order chi connectivity index (χ0) is 13.7. The van der Waals surface area contributed by atoms with E-state index in [1.807, 2.05) is 24.3 Å². The maximum Gasteiger partial charge on any atom is 0.349 e. The van der Waals surface area contributed by atoms with Crippen molar-refractivity contribution in [2.24, 2.45) is 0 Å². The van der Waals surface area contributed by atoms with Gasteiger partial charge in [-0.2, -0.15) is 0 Å². The highest BCUT2D eigenvalue weighted by Crippen LogP contribution is 2.30. The second-order valence-corrected chi connectivity index (χ2v) is 5.21. The predicted molar refractivity (Wildman–Crippen MR) is 73.8 cm³/mol. The standard InChI is InChI=1S/C14H15NO3S/c1-2-5-11-8-12(13(19-11)14(16)17)18-9-10-6-3-4-7-15-10/h3-4,6-8H,2,5,9H2,1H3,(H,16,17). The van der Waals surface area contributed by atoms with Crippen molar-refractivity contribution in [1.29, 1.82) is 0 Å². The molecule has 0 unspecified atom stereocenters. The van der Waals surface area contributed by atoms with Gasteiger partial charge in [-0.3, -0.25) is 4.98 Å². The number of hydrogen-bond acceptors (Lipinski definition) is 4. The van der Waals surface area contributed by atoms with Gasteiger partial charge >= 0.3 is 5.97 Å². The molecule has 0 aliphatic rings. The van der Waals surface area contributed by atoms with E-state index in [2.05, 4.69) is 11.9 Å². The predicted octanol–water partition coefficient (Wildman–Crippen LogP) is 3.37. The first-order valence-electron chi connectivity index (χ1n) is 6.09. The Morgan fingerprint density at radius 2 is 2.32 bits per heavy atom. The van der Waals surface area contributed by atoms with Gasteiger partial charge in [0, 0.05) is 11.1 Å². The Kier molecular flexibility index (Phi) is 4.52. The van der Waals surface area contributed by atoms with E-state index in [9.17, 15) is 4.79 Å². The van der Waals surface area contributed by atoms with Crippen molar-refractivity contribution < 1.29 is 14.6 Å². The van der Waals surface area contributed by atoms with Gasteiger partial charge in [0.25, 0.3) is 0 Å². The summed E-state index contributed by atoms with van der Waals surface area (Å²) < 4.78 is 5.58. The van der Waals surface area contributed by atoms with Crippen molar-refractivity contribution in [3.63, 3.8) is 0 Å². The molecular weight excluding hydrogens is 262 g/mol. The molecule has 0 aromatic carbocycles. The van der Waals surface area contributed by atoms with Gasteiger partial charge < -0.3 is 9.84 Å². The molecule has 0 amide bonds. The van der Waals surface area contributed by atoms with Gasteiger partial charge in [-0.05, 0) is 24.6 Å². The van der Waals surface area contributed by atoms with Crippen LogP contribution in [-0.4, -0.2) is 16.1 Å². The number of pyridine rings is 1. The molecule has 100 valence electrons. The average molecular weight is 277 g/mol. The first kappa shape index (κ1) is 13.5. The summed E-state index contributed by atoms with van der Waals surface area (Å²) in [5.41, 5.74) is 0.780. The second-order valence-electron chi connectivity index (χ2n) is 4.07. The fourth-order valence-electron chi connectivity index (χ4n) is 1.68. The number of carboxylic acid groups (broad SMARTS) is 1. The third kappa shape index (κ3) is 3.54. The van der Waals surface area contributed by atoms with Crippen LogP contribution < -0.4 is 4.74 Å². The van der Waals surface area contributed by atoms with Gasteiger partial charge in [-0.1, -0.05) is 19.4 Å². The summed E-state index contributed by atoms with van der Waals surface area (Å²) >= 11 is 1.28. The van der Waals surface area contributed by atoms with Crippen LogP contribution in [-0.2, 0) is 13.0 Å². The number of carboxylic acids is 1. The van der Waals surface area contributed by atoms with Gasteiger partial charge in [0.2, 0.25) is 0 Å². The molecule has 2 rings (SSSR count). The summed E-state index contributed by atoms with van der Waals surface area (Å²) in [6, 6.07) is 7.37. The number of rotatable bonds is 6. The summed E-state index contributed by atoms with van der Waals surface area (Å²) in [5.74, 6) is -0.505. The summed E-state index contributed by atoms with van der Waals surface area (Å²) in [5, 5.41) is 9.16. The Morgan fingerprint density at radius 3 is 2.95 bits per heavy atom. The van der Waals surface area contributed by atoms with E-state index in [-0.39, 0.29) is 11.5 Å². The van der Waals surface area contributed by atoms with Crippen molar-refractivity contribution in [1.82, 2.24) is 4.98 Å². The van der Waals surface area contributed by atoms with Crippen LogP contribution in [0.5, 0.6) is 5.75 Å². The molecule has 0 saturated heterocycles.